The van der Waals surface area contributed by atoms with Crippen molar-refractivity contribution in [1.29, 1.82) is 0 Å². The third-order valence-corrected chi connectivity index (χ3v) is 11.3. The fourth-order valence-corrected chi connectivity index (χ4v) is 9.27. The first-order valence-corrected chi connectivity index (χ1v) is 14.2. The Morgan fingerprint density at radius 1 is 0.788 bits per heavy atom. The monoisotopic (exact) mass is 472 g/mol. The molecule has 0 amide bonds. The van der Waals surface area contributed by atoms with Gasteiger partial charge in [-0.15, -0.1) is 0 Å². The van der Waals surface area contributed by atoms with Crippen LogP contribution in [0.5, 0.6) is 0 Å². The van der Waals surface area contributed by atoms with E-state index in [1.54, 1.807) is 0 Å². The lowest BCUT2D eigenvalue weighted by molar-refractivity contribution is -0.172. The maximum Gasteiger partial charge on any atom is 0.391 e. The van der Waals surface area contributed by atoms with E-state index in [9.17, 15) is 18.3 Å². The van der Waals surface area contributed by atoms with Gasteiger partial charge < -0.3 is 5.11 Å². The summed E-state index contributed by atoms with van der Waals surface area (Å²) >= 11 is 0. The van der Waals surface area contributed by atoms with Gasteiger partial charge in [0.1, 0.15) is 0 Å². The van der Waals surface area contributed by atoms with Crippen molar-refractivity contribution in [3.05, 3.63) is 0 Å². The van der Waals surface area contributed by atoms with Gasteiger partial charge in [-0.05, 0) is 123 Å². The summed E-state index contributed by atoms with van der Waals surface area (Å²) in [6.07, 6.45) is 8.85. The molecule has 0 spiro atoms. The van der Waals surface area contributed by atoms with Crippen LogP contribution in [0.2, 0.25) is 0 Å². The molecule has 0 bridgehead atoms. The molecular formula is C29H51F3O. The molecule has 0 aromatic heterocycles. The first-order valence-electron chi connectivity index (χ1n) is 14.2. The van der Waals surface area contributed by atoms with E-state index >= 15 is 0 Å². The number of aliphatic hydroxyl groups excluding tert-OH is 1. The van der Waals surface area contributed by atoms with Gasteiger partial charge in [0.25, 0.3) is 0 Å². The number of hydrogen-bond donors (Lipinski definition) is 1. The zero-order valence-corrected chi connectivity index (χ0v) is 22.2. The Hall–Kier alpha value is -0.250. The molecule has 194 valence electrons. The highest BCUT2D eigenvalue weighted by Gasteiger charge is 2.60. The van der Waals surface area contributed by atoms with Crippen LogP contribution < -0.4 is 0 Å². The van der Waals surface area contributed by atoms with Gasteiger partial charge in [-0.3, -0.25) is 0 Å². The van der Waals surface area contributed by atoms with E-state index < -0.39 is 12.1 Å². The van der Waals surface area contributed by atoms with E-state index in [0.29, 0.717) is 29.1 Å². The van der Waals surface area contributed by atoms with E-state index in [1.807, 2.05) is 13.8 Å². The molecule has 10 atom stereocenters. The molecule has 4 aliphatic rings. The molecule has 4 fully saturated rings. The predicted molar refractivity (Wildman–Crippen MR) is 131 cm³/mol. The molecule has 4 heteroatoms. The summed E-state index contributed by atoms with van der Waals surface area (Å²) in [5.74, 6) is 2.89. The smallest absolute Gasteiger partial charge is 0.391 e. The van der Waals surface area contributed by atoms with Crippen molar-refractivity contribution in [2.75, 3.05) is 0 Å². The molecule has 1 nitrogen and oxygen atoms in total. The fraction of sp³-hybridized carbons (Fsp3) is 1.00. The van der Waals surface area contributed by atoms with Crippen molar-refractivity contribution in [3.63, 3.8) is 0 Å². The second-order valence-corrected chi connectivity index (χ2v) is 12.7. The third-order valence-electron chi connectivity index (χ3n) is 11.3. The highest BCUT2D eigenvalue weighted by molar-refractivity contribution is 5.09. The number of rotatable bonds is 4. The summed E-state index contributed by atoms with van der Waals surface area (Å²) in [6.45, 7) is 12.6. The van der Waals surface area contributed by atoms with Crippen LogP contribution in [0.25, 0.3) is 0 Å². The SMILES string of the molecule is CC.CC(CC[C@@H](C)C1CCC2C3CCC4CCC(O)CCC4(C)C3CCC21C)C(F)(F)F. The van der Waals surface area contributed by atoms with Crippen molar-refractivity contribution in [2.24, 2.45) is 52.3 Å². The number of halogens is 3. The summed E-state index contributed by atoms with van der Waals surface area (Å²) in [5, 5.41) is 10.3. The van der Waals surface area contributed by atoms with E-state index in [4.69, 9.17) is 0 Å². The molecule has 0 aromatic rings. The Labute approximate surface area is 201 Å². The topological polar surface area (TPSA) is 20.2 Å². The van der Waals surface area contributed by atoms with E-state index in [0.717, 1.165) is 36.5 Å². The van der Waals surface area contributed by atoms with Crippen LogP contribution in [0, 0.1) is 52.3 Å². The van der Waals surface area contributed by atoms with E-state index in [-0.39, 0.29) is 12.5 Å². The Kier molecular flexibility index (Phi) is 8.61. The number of fused-ring (bicyclic) bond motifs is 5. The van der Waals surface area contributed by atoms with Crippen molar-refractivity contribution in [1.82, 2.24) is 0 Å². The van der Waals surface area contributed by atoms with Gasteiger partial charge >= 0.3 is 6.18 Å². The molecule has 0 radical (unpaired) electrons. The van der Waals surface area contributed by atoms with Gasteiger partial charge in [0.15, 0.2) is 0 Å². The average molecular weight is 473 g/mol. The molecular weight excluding hydrogens is 421 g/mol. The first kappa shape index (κ1) is 27.3. The van der Waals surface area contributed by atoms with E-state index in [2.05, 4.69) is 20.8 Å². The highest BCUT2D eigenvalue weighted by Crippen LogP contribution is 2.68. The van der Waals surface area contributed by atoms with Crippen molar-refractivity contribution in [2.45, 2.75) is 131 Å². The quantitative estimate of drug-likeness (QED) is 0.433. The number of hydrogen-bond acceptors (Lipinski definition) is 1. The average Bonchev–Trinajstić information content (AvgIpc) is 3.05. The lowest BCUT2D eigenvalue weighted by atomic mass is 9.46. The minimum absolute atomic E-state index is 0.106. The maximum absolute atomic E-state index is 13.0. The van der Waals surface area contributed by atoms with Gasteiger partial charge in [0.05, 0.1) is 12.0 Å². The van der Waals surface area contributed by atoms with Gasteiger partial charge in [-0.2, -0.15) is 13.2 Å². The first-order chi connectivity index (χ1) is 15.5. The van der Waals surface area contributed by atoms with Crippen LogP contribution in [0.1, 0.15) is 119 Å². The van der Waals surface area contributed by atoms with Gasteiger partial charge in [0.2, 0.25) is 0 Å². The number of aliphatic hydroxyl groups is 1. The van der Waals surface area contributed by atoms with Crippen molar-refractivity contribution < 1.29 is 18.3 Å². The molecule has 33 heavy (non-hydrogen) atoms. The van der Waals surface area contributed by atoms with Crippen LogP contribution in [-0.4, -0.2) is 17.4 Å². The van der Waals surface area contributed by atoms with Crippen LogP contribution >= 0.6 is 0 Å². The minimum atomic E-state index is -4.06. The standard InChI is InChI=1S/C27H45F3O.C2H6/c1-17(5-6-18(2)27(28,29)30)22-11-12-23-21-10-8-19-7-9-20(31)13-15-25(19,3)24(21)14-16-26(22,23)4;1-2/h17-24,31H,5-16H2,1-4H3;1-2H3/t17-,18?,19?,20?,21?,22?,23?,24?,25?,26?;/m1./s1. The third kappa shape index (κ3) is 5.17. The summed E-state index contributed by atoms with van der Waals surface area (Å²) in [5.41, 5.74) is 0.697. The van der Waals surface area contributed by atoms with Crippen LogP contribution in [-0.2, 0) is 0 Å². The van der Waals surface area contributed by atoms with Crippen LogP contribution in [0.4, 0.5) is 13.2 Å². The molecule has 0 saturated heterocycles. The lowest BCUT2D eigenvalue weighted by Crippen LogP contribution is -2.52. The number of alkyl halides is 3. The maximum atomic E-state index is 13.0. The summed E-state index contributed by atoms with van der Waals surface area (Å²) in [4.78, 5) is 0. The molecule has 4 aliphatic carbocycles. The zero-order chi connectivity index (χ0) is 24.6. The lowest BCUT2D eigenvalue weighted by Gasteiger charge is -2.59. The summed E-state index contributed by atoms with van der Waals surface area (Å²) in [7, 11) is 0. The predicted octanol–water partition coefficient (Wildman–Crippen LogP) is 9.04. The second-order valence-electron chi connectivity index (χ2n) is 12.7. The van der Waals surface area contributed by atoms with Crippen molar-refractivity contribution >= 4 is 0 Å². The molecule has 0 aromatic carbocycles. The Balaban J connectivity index is 0.00000149. The molecule has 4 saturated carbocycles. The Bertz CT molecular complexity index is 633. The molecule has 0 aliphatic heterocycles. The highest BCUT2D eigenvalue weighted by atomic mass is 19.4. The van der Waals surface area contributed by atoms with E-state index in [1.165, 1.54) is 58.3 Å². The van der Waals surface area contributed by atoms with Gasteiger partial charge in [0, 0.05) is 0 Å². The van der Waals surface area contributed by atoms with Gasteiger partial charge in [-0.25, -0.2) is 0 Å². The Morgan fingerprint density at radius 2 is 1.39 bits per heavy atom. The summed E-state index contributed by atoms with van der Waals surface area (Å²) < 4.78 is 39.0. The summed E-state index contributed by atoms with van der Waals surface area (Å²) in [6, 6.07) is 0. The molecule has 9 unspecified atom stereocenters. The Morgan fingerprint density at radius 3 is 2.06 bits per heavy atom. The normalized spacial score (nSPS) is 44.9. The molecule has 4 rings (SSSR count). The second kappa shape index (κ2) is 10.4. The molecule has 1 N–H and O–H groups in total. The zero-order valence-electron chi connectivity index (χ0n) is 22.2. The van der Waals surface area contributed by atoms with Crippen LogP contribution in [0.3, 0.4) is 0 Å². The molecule has 0 heterocycles. The minimum Gasteiger partial charge on any atom is -0.393 e. The fourth-order valence-electron chi connectivity index (χ4n) is 9.27. The van der Waals surface area contributed by atoms with Gasteiger partial charge in [-0.1, -0.05) is 41.5 Å². The largest absolute Gasteiger partial charge is 0.393 e. The van der Waals surface area contributed by atoms with Crippen LogP contribution in [0.15, 0.2) is 0 Å². The van der Waals surface area contributed by atoms with Crippen molar-refractivity contribution in [3.8, 4) is 0 Å².